The van der Waals surface area contributed by atoms with Crippen LogP contribution in [0.25, 0.3) is 0 Å². The minimum absolute atomic E-state index is 0.304. The van der Waals surface area contributed by atoms with Gasteiger partial charge in [-0.1, -0.05) is 48.0 Å². The second-order valence-electron chi connectivity index (χ2n) is 6.56. The molecule has 0 N–H and O–H groups in total. The summed E-state index contributed by atoms with van der Waals surface area (Å²) in [5.74, 6) is 1.39. The summed E-state index contributed by atoms with van der Waals surface area (Å²) in [5, 5.41) is 5.20. The zero-order chi connectivity index (χ0) is 19.4. The molecule has 0 atom stereocenters. The van der Waals surface area contributed by atoms with Crippen molar-refractivity contribution in [3.05, 3.63) is 75.3 Å². The molecule has 0 amide bonds. The third kappa shape index (κ3) is 4.77. The average molecular weight is 403 g/mol. The largest absolute Gasteiger partial charge is 0.484 e. The average Bonchev–Trinajstić information content (AvgIpc) is 2.91. The lowest BCUT2D eigenvalue weighted by molar-refractivity contribution is 0.240. The van der Waals surface area contributed by atoms with Gasteiger partial charge in [-0.25, -0.2) is 4.68 Å². The molecule has 1 aromatic heterocycles. The predicted octanol–water partition coefficient (Wildman–Crippen LogP) is 4.58. The molecule has 7 heteroatoms. The van der Waals surface area contributed by atoms with E-state index >= 15 is 0 Å². The Morgan fingerprint density at radius 3 is 2.59 bits per heavy atom. The smallest absolute Gasteiger partial charge is 0.198 e. The Bertz CT molecular complexity index is 982. The van der Waals surface area contributed by atoms with Crippen molar-refractivity contribution in [2.75, 3.05) is 7.05 Å². The Balaban J connectivity index is 1.68. The number of nitrogens with zero attached hydrogens (tertiary/aromatic N) is 4. The van der Waals surface area contributed by atoms with E-state index in [1.54, 1.807) is 6.07 Å². The molecule has 0 fully saturated rings. The van der Waals surface area contributed by atoms with Gasteiger partial charge in [0.2, 0.25) is 0 Å². The number of ether oxygens (including phenoxy) is 1. The molecule has 142 valence electrons. The highest BCUT2D eigenvalue weighted by Gasteiger charge is 2.11. The van der Waals surface area contributed by atoms with Crippen molar-refractivity contribution in [3.63, 3.8) is 0 Å². The Kier molecular flexibility index (Phi) is 6.31. The van der Waals surface area contributed by atoms with E-state index in [9.17, 15) is 0 Å². The molecule has 1 heterocycles. The minimum Gasteiger partial charge on any atom is -0.484 e. The molecule has 27 heavy (non-hydrogen) atoms. The van der Waals surface area contributed by atoms with Gasteiger partial charge in [-0.3, -0.25) is 4.90 Å². The van der Waals surface area contributed by atoms with Crippen molar-refractivity contribution in [2.45, 2.75) is 26.7 Å². The molecule has 0 saturated carbocycles. The van der Waals surface area contributed by atoms with Crippen molar-refractivity contribution in [3.8, 4) is 5.75 Å². The van der Waals surface area contributed by atoms with Crippen molar-refractivity contribution in [2.24, 2.45) is 7.05 Å². The lowest BCUT2D eigenvalue weighted by Crippen LogP contribution is -2.23. The Morgan fingerprint density at radius 1 is 1.15 bits per heavy atom. The highest BCUT2D eigenvalue weighted by atomic mass is 35.5. The number of rotatable bonds is 7. The van der Waals surface area contributed by atoms with Crippen LogP contribution in [0.2, 0.25) is 5.02 Å². The van der Waals surface area contributed by atoms with E-state index in [0.717, 1.165) is 12.4 Å². The SMILES string of the molecule is Cc1ccccc1CN(C)Cn1nc(COc2ccccc2Cl)n(C)c1=S. The molecule has 0 aliphatic carbocycles. The summed E-state index contributed by atoms with van der Waals surface area (Å²) in [6.45, 7) is 3.86. The molecular weight excluding hydrogens is 380 g/mol. The van der Waals surface area contributed by atoms with Gasteiger partial charge in [-0.15, -0.1) is 0 Å². The molecule has 0 bridgehead atoms. The van der Waals surface area contributed by atoms with Crippen LogP contribution in [-0.2, 0) is 26.9 Å². The normalized spacial score (nSPS) is 11.1. The first-order valence-electron chi connectivity index (χ1n) is 8.69. The van der Waals surface area contributed by atoms with E-state index in [1.807, 2.05) is 34.5 Å². The monoisotopic (exact) mass is 402 g/mol. The van der Waals surface area contributed by atoms with Crippen molar-refractivity contribution in [1.82, 2.24) is 19.2 Å². The summed E-state index contributed by atoms with van der Waals surface area (Å²) >= 11 is 11.7. The number of hydrogen-bond acceptors (Lipinski definition) is 4. The van der Waals surface area contributed by atoms with E-state index in [4.69, 9.17) is 28.6 Å². The van der Waals surface area contributed by atoms with Gasteiger partial charge in [0, 0.05) is 13.6 Å². The third-order valence-electron chi connectivity index (χ3n) is 4.40. The number of aromatic nitrogens is 3. The van der Waals surface area contributed by atoms with Gasteiger partial charge in [0.1, 0.15) is 12.4 Å². The fraction of sp³-hybridized carbons (Fsp3) is 0.300. The molecule has 0 aliphatic rings. The standard InChI is InChI=1S/C20H23ClN4OS/c1-15-8-4-5-9-16(15)12-23(2)14-25-20(27)24(3)19(22-25)13-26-18-11-7-6-10-17(18)21/h4-11H,12-14H2,1-3H3. The molecular formula is C20H23ClN4OS. The molecule has 3 aromatic rings. The maximum absolute atomic E-state index is 6.14. The quantitative estimate of drug-likeness (QED) is 0.542. The van der Waals surface area contributed by atoms with E-state index in [0.29, 0.717) is 28.8 Å². The van der Waals surface area contributed by atoms with Crippen LogP contribution in [0, 0.1) is 11.7 Å². The zero-order valence-electron chi connectivity index (χ0n) is 15.7. The molecule has 0 aliphatic heterocycles. The summed E-state index contributed by atoms with van der Waals surface area (Å²) in [6, 6.07) is 15.8. The lowest BCUT2D eigenvalue weighted by atomic mass is 10.1. The fourth-order valence-electron chi connectivity index (χ4n) is 2.81. The van der Waals surface area contributed by atoms with Crippen LogP contribution in [0.3, 0.4) is 0 Å². The first kappa shape index (κ1) is 19.6. The molecule has 5 nitrogen and oxygen atoms in total. The van der Waals surface area contributed by atoms with Gasteiger partial charge in [-0.2, -0.15) is 5.10 Å². The summed E-state index contributed by atoms with van der Waals surface area (Å²) in [6.07, 6.45) is 0. The van der Waals surface area contributed by atoms with E-state index in [-0.39, 0.29) is 0 Å². The van der Waals surface area contributed by atoms with Crippen LogP contribution in [0.1, 0.15) is 17.0 Å². The van der Waals surface area contributed by atoms with E-state index < -0.39 is 0 Å². The maximum Gasteiger partial charge on any atom is 0.198 e. The van der Waals surface area contributed by atoms with Crippen molar-refractivity contribution < 1.29 is 4.74 Å². The molecule has 0 radical (unpaired) electrons. The van der Waals surface area contributed by atoms with Crippen LogP contribution in [0.15, 0.2) is 48.5 Å². The summed E-state index contributed by atoms with van der Waals surface area (Å²) in [7, 11) is 3.96. The van der Waals surface area contributed by atoms with Crippen molar-refractivity contribution >= 4 is 23.8 Å². The van der Waals surface area contributed by atoms with Crippen molar-refractivity contribution in [1.29, 1.82) is 0 Å². The molecule has 0 saturated heterocycles. The predicted molar refractivity (Wildman–Crippen MR) is 110 cm³/mol. The number of benzene rings is 2. The van der Waals surface area contributed by atoms with Gasteiger partial charge in [-0.05, 0) is 49.4 Å². The van der Waals surface area contributed by atoms with Gasteiger partial charge in [0.05, 0.1) is 11.7 Å². The second kappa shape index (κ2) is 8.69. The Hall–Kier alpha value is -2.15. The number of hydrogen-bond donors (Lipinski definition) is 0. The molecule has 0 unspecified atom stereocenters. The summed E-state index contributed by atoms with van der Waals surface area (Å²) in [4.78, 5) is 2.18. The topological polar surface area (TPSA) is 35.2 Å². The van der Waals surface area contributed by atoms with Crippen LogP contribution >= 0.6 is 23.8 Å². The van der Waals surface area contributed by atoms with E-state index in [2.05, 4.69) is 48.2 Å². The molecule has 2 aromatic carbocycles. The van der Waals surface area contributed by atoms with Gasteiger partial charge in [0.25, 0.3) is 0 Å². The summed E-state index contributed by atoms with van der Waals surface area (Å²) < 4.78 is 10.1. The number of para-hydroxylation sites is 1. The first-order chi connectivity index (χ1) is 13.0. The number of aryl methyl sites for hydroxylation is 1. The highest BCUT2D eigenvalue weighted by Crippen LogP contribution is 2.23. The number of halogens is 1. The third-order valence-corrected chi connectivity index (χ3v) is 5.20. The van der Waals surface area contributed by atoms with Crippen LogP contribution in [0.4, 0.5) is 0 Å². The molecule has 3 rings (SSSR count). The van der Waals surface area contributed by atoms with Crippen LogP contribution in [-0.4, -0.2) is 26.3 Å². The lowest BCUT2D eigenvalue weighted by Gasteiger charge is -2.17. The maximum atomic E-state index is 6.14. The second-order valence-corrected chi connectivity index (χ2v) is 7.33. The summed E-state index contributed by atoms with van der Waals surface area (Å²) in [5.41, 5.74) is 2.58. The van der Waals surface area contributed by atoms with E-state index in [1.165, 1.54) is 11.1 Å². The Morgan fingerprint density at radius 2 is 1.85 bits per heavy atom. The van der Waals surface area contributed by atoms with Crippen LogP contribution in [0.5, 0.6) is 5.75 Å². The van der Waals surface area contributed by atoms with Gasteiger partial charge in [0.15, 0.2) is 10.6 Å². The van der Waals surface area contributed by atoms with Gasteiger partial charge < -0.3 is 9.30 Å². The van der Waals surface area contributed by atoms with Crippen LogP contribution < -0.4 is 4.74 Å². The highest BCUT2D eigenvalue weighted by molar-refractivity contribution is 7.71. The fourth-order valence-corrected chi connectivity index (χ4v) is 3.21. The van der Waals surface area contributed by atoms with Gasteiger partial charge >= 0.3 is 0 Å². The Labute approximate surface area is 169 Å². The zero-order valence-corrected chi connectivity index (χ0v) is 17.3. The minimum atomic E-state index is 0.304. The molecule has 0 spiro atoms. The first-order valence-corrected chi connectivity index (χ1v) is 9.47.